The normalized spacial score (nSPS) is 13.0. The van der Waals surface area contributed by atoms with Gasteiger partial charge in [0.2, 0.25) is 0 Å². The molecule has 0 amide bonds. The fourth-order valence-electron chi connectivity index (χ4n) is 2.05. The van der Waals surface area contributed by atoms with Crippen LogP contribution in [0.25, 0.3) is 0 Å². The van der Waals surface area contributed by atoms with Crippen molar-refractivity contribution < 1.29 is 5.11 Å². The number of hydrogen-bond donors (Lipinski definition) is 2. The quantitative estimate of drug-likeness (QED) is 0.757. The van der Waals surface area contributed by atoms with E-state index in [4.69, 9.17) is 10.8 Å². The highest BCUT2D eigenvalue weighted by Gasteiger charge is 2.10. The van der Waals surface area contributed by atoms with Crippen LogP contribution in [-0.2, 0) is 0 Å². The Hall–Kier alpha value is -0.900. The van der Waals surface area contributed by atoms with Gasteiger partial charge in [-0.05, 0) is 31.0 Å². The molecule has 0 bridgehead atoms. The maximum atomic E-state index is 8.92. The Morgan fingerprint density at radius 1 is 1.29 bits per heavy atom. The minimum absolute atomic E-state index is 0.0870. The van der Waals surface area contributed by atoms with E-state index in [1.54, 1.807) is 0 Å². The number of rotatable bonds is 7. The molecule has 0 aliphatic heterocycles. The maximum Gasteiger partial charge on any atom is 0.0558 e. The summed E-state index contributed by atoms with van der Waals surface area (Å²) in [5, 5.41) is 8.92. The van der Waals surface area contributed by atoms with Crippen molar-refractivity contribution in [3.05, 3.63) is 35.4 Å². The minimum atomic E-state index is 0.0870. The number of aliphatic hydroxyl groups is 1. The van der Waals surface area contributed by atoms with Gasteiger partial charge < -0.3 is 15.7 Å². The number of hydrogen-bond acceptors (Lipinski definition) is 3. The molecule has 3 N–H and O–H groups in total. The van der Waals surface area contributed by atoms with Crippen LogP contribution in [0.3, 0.4) is 0 Å². The van der Waals surface area contributed by atoms with E-state index in [9.17, 15) is 0 Å². The van der Waals surface area contributed by atoms with Gasteiger partial charge in [0, 0.05) is 19.1 Å². The molecule has 0 aliphatic rings. The van der Waals surface area contributed by atoms with Gasteiger partial charge in [0.15, 0.2) is 0 Å². The Morgan fingerprint density at radius 3 is 2.59 bits per heavy atom. The summed E-state index contributed by atoms with van der Waals surface area (Å²) in [6, 6.07) is 8.36. The lowest BCUT2D eigenvalue weighted by atomic mass is 9.99. The van der Waals surface area contributed by atoms with Crippen LogP contribution in [-0.4, -0.2) is 36.2 Å². The summed E-state index contributed by atoms with van der Waals surface area (Å²) < 4.78 is 0. The van der Waals surface area contributed by atoms with Gasteiger partial charge in [-0.3, -0.25) is 0 Å². The second-order valence-electron chi connectivity index (χ2n) is 4.41. The zero-order valence-electron chi connectivity index (χ0n) is 10.9. The third-order valence-electron chi connectivity index (χ3n) is 3.21. The molecule has 1 rings (SSSR count). The van der Waals surface area contributed by atoms with Gasteiger partial charge in [0.05, 0.1) is 6.61 Å². The molecular weight excluding hydrogens is 212 g/mol. The Balaban J connectivity index is 2.49. The van der Waals surface area contributed by atoms with Crippen LogP contribution in [0.5, 0.6) is 0 Å². The van der Waals surface area contributed by atoms with Crippen molar-refractivity contribution in [1.82, 2.24) is 4.90 Å². The highest BCUT2D eigenvalue weighted by molar-refractivity contribution is 5.28. The molecule has 3 heteroatoms. The Labute approximate surface area is 104 Å². The Bertz CT molecular complexity index is 328. The van der Waals surface area contributed by atoms with Crippen LogP contribution in [0.1, 0.15) is 30.5 Å². The fraction of sp³-hybridized carbons (Fsp3) is 0.571. The molecule has 1 unspecified atom stereocenters. The monoisotopic (exact) mass is 236 g/mol. The number of nitrogens with zero attached hydrogens (tertiary/aromatic N) is 1. The third-order valence-corrected chi connectivity index (χ3v) is 3.21. The van der Waals surface area contributed by atoms with Crippen molar-refractivity contribution in [1.29, 1.82) is 0 Å². The molecule has 1 aromatic carbocycles. The lowest BCUT2D eigenvalue weighted by Gasteiger charge is -2.22. The number of aliphatic hydroxyl groups excluding tert-OH is 1. The van der Waals surface area contributed by atoms with E-state index < -0.39 is 0 Å². The molecule has 1 aromatic rings. The summed E-state index contributed by atoms with van der Waals surface area (Å²) in [6.07, 6.45) is 0.929. The average Bonchev–Trinajstić information content (AvgIpc) is 2.34. The van der Waals surface area contributed by atoms with Gasteiger partial charge >= 0.3 is 0 Å². The first kappa shape index (κ1) is 14.2. The first-order valence-electron chi connectivity index (χ1n) is 6.33. The molecule has 0 aromatic heterocycles. The predicted molar refractivity (Wildman–Crippen MR) is 71.9 cm³/mol. The highest BCUT2D eigenvalue weighted by atomic mass is 16.3. The first-order valence-corrected chi connectivity index (χ1v) is 6.33. The Morgan fingerprint density at radius 2 is 2.00 bits per heavy atom. The zero-order valence-corrected chi connectivity index (χ0v) is 10.9. The van der Waals surface area contributed by atoms with Crippen LogP contribution in [0, 0.1) is 6.92 Å². The van der Waals surface area contributed by atoms with Crippen molar-refractivity contribution in [2.45, 2.75) is 26.3 Å². The molecule has 96 valence electrons. The number of benzene rings is 1. The maximum absolute atomic E-state index is 8.92. The van der Waals surface area contributed by atoms with Gasteiger partial charge in [-0.1, -0.05) is 31.2 Å². The molecular formula is C14H24N2O. The van der Waals surface area contributed by atoms with E-state index in [0.29, 0.717) is 0 Å². The second-order valence-corrected chi connectivity index (χ2v) is 4.41. The molecule has 1 atom stereocenters. The molecule has 0 radical (unpaired) electrons. The Kier molecular flexibility index (Phi) is 6.19. The molecule has 0 saturated heterocycles. The van der Waals surface area contributed by atoms with Crippen LogP contribution in [0.2, 0.25) is 0 Å². The van der Waals surface area contributed by atoms with E-state index in [1.807, 2.05) is 12.1 Å². The van der Waals surface area contributed by atoms with Crippen molar-refractivity contribution in [2.24, 2.45) is 5.73 Å². The summed E-state index contributed by atoms with van der Waals surface area (Å²) in [6.45, 7) is 7.05. The van der Waals surface area contributed by atoms with Crippen LogP contribution < -0.4 is 5.73 Å². The number of aryl methyl sites for hydroxylation is 1. The van der Waals surface area contributed by atoms with Crippen molar-refractivity contribution in [3.63, 3.8) is 0 Å². The van der Waals surface area contributed by atoms with Gasteiger partial charge in [0.25, 0.3) is 0 Å². The summed E-state index contributed by atoms with van der Waals surface area (Å²) >= 11 is 0. The zero-order chi connectivity index (χ0) is 12.7. The van der Waals surface area contributed by atoms with Crippen molar-refractivity contribution >= 4 is 0 Å². The summed E-state index contributed by atoms with van der Waals surface area (Å²) in [5.74, 6) is 0. The van der Waals surface area contributed by atoms with Gasteiger partial charge in [-0.15, -0.1) is 0 Å². The topological polar surface area (TPSA) is 49.5 Å². The summed E-state index contributed by atoms with van der Waals surface area (Å²) in [4.78, 5) is 2.22. The smallest absolute Gasteiger partial charge is 0.0558 e. The second kappa shape index (κ2) is 7.43. The number of likely N-dealkylation sites (N-methyl/N-ethyl adjacent to an activating group) is 1. The van der Waals surface area contributed by atoms with Crippen molar-refractivity contribution in [2.75, 3.05) is 26.2 Å². The fourth-order valence-corrected chi connectivity index (χ4v) is 2.05. The van der Waals surface area contributed by atoms with Crippen LogP contribution >= 0.6 is 0 Å². The number of nitrogens with two attached hydrogens (primary N) is 1. The molecule has 0 spiro atoms. The minimum Gasteiger partial charge on any atom is -0.395 e. The lowest BCUT2D eigenvalue weighted by molar-refractivity contribution is 0.197. The third kappa shape index (κ3) is 4.46. The van der Waals surface area contributed by atoms with Gasteiger partial charge in [-0.25, -0.2) is 0 Å². The molecule has 0 heterocycles. The van der Waals surface area contributed by atoms with Crippen molar-refractivity contribution in [3.8, 4) is 0 Å². The highest BCUT2D eigenvalue weighted by Crippen LogP contribution is 2.18. The van der Waals surface area contributed by atoms with Crippen LogP contribution in [0.15, 0.2) is 24.3 Å². The van der Waals surface area contributed by atoms with E-state index >= 15 is 0 Å². The largest absolute Gasteiger partial charge is 0.395 e. The van der Waals surface area contributed by atoms with E-state index in [2.05, 4.69) is 30.9 Å². The molecule has 17 heavy (non-hydrogen) atoms. The summed E-state index contributed by atoms with van der Waals surface area (Å²) in [5.41, 5.74) is 8.69. The molecule has 0 fully saturated rings. The summed E-state index contributed by atoms with van der Waals surface area (Å²) in [7, 11) is 0. The van der Waals surface area contributed by atoms with Gasteiger partial charge in [-0.2, -0.15) is 0 Å². The average molecular weight is 236 g/mol. The van der Waals surface area contributed by atoms with Crippen LogP contribution in [0.4, 0.5) is 0 Å². The van der Waals surface area contributed by atoms with E-state index in [0.717, 1.165) is 26.1 Å². The van der Waals surface area contributed by atoms with E-state index in [1.165, 1.54) is 11.1 Å². The molecule has 3 nitrogen and oxygen atoms in total. The standard InChI is InChI=1S/C14H24N2O/c1-3-16(10-11-17)9-8-14(15)13-7-5-4-6-12(13)2/h4-7,14,17H,3,8-11,15H2,1-2H3. The molecule has 0 aliphatic carbocycles. The molecule has 0 saturated carbocycles. The lowest BCUT2D eigenvalue weighted by Crippen LogP contribution is -2.30. The predicted octanol–water partition coefficient (Wildman–Crippen LogP) is 1.70. The van der Waals surface area contributed by atoms with E-state index in [-0.39, 0.29) is 12.6 Å². The van der Waals surface area contributed by atoms with Gasteiger partial charge in [0.1, 0.15) is 0 Å². The first-order chi connectivity index (χ1) is 8.19. The SMILES string of the molecule is CCN(CCO)CCC(N)c1ccccc1C.